The summed E-state index contributed by atoms with van der Waals surface area (Å²) in [4.78, 5) is 11.9. The number of carbonyl (C=O) groups excluding carboxylic acids is 1. The van der Waals surface area contributed by atoms with Gasteiger partial charge in [0.15, 0.2) is 5.78 Å². The molecule has 1 aliphatic carbocycles. The summed E-state index contributed by atoms with van der Waals surface area (Å²) < 4.78 is 0. The highest BCUT2D eigenvalue weighted by molar-refractivity contribution is 7.99. The quantitative estimate of drug-likeness (QED) is 0.734. The van der Waals surface area contributed by atoms with Crippen LogP contribution >= 0.6 is 23.4 Å². The number of ketones is 1. The Kier molecular flexibility index (Phi) is 4.93. The number of rotatable bonds is 5. The number of halogens is 1. The maximum absolute atomic E-state index is 11.9. The molecule has 1 fully saturated rings. The largest absolute Gasteiger partial charge is 0.293 e. The zero-order valence-corrected chi connectivity index (χ0v) is 11.4. The van der Waals surface area contributed by atoms with Crippen molar-refractivity contribution in [1.82, 2.24) is 0 Å². The third kappa shape index (κ3) is 3.75. The van der Waals surface area contributed by atoms with Gasteiger partial charge in [-0.3, -0.25) is 4.79 Å². The van der Waals surface area contributed by atoms with Gasteiger partial charge in [-0.1, -0.05) is 36.6 Å². The molecule has 3 heteroatoms. The average molecular weight is 269 g/mol. The molecular weight excluding hydrogens is 252 g/mol. The van der Waals surface area contributed by atoms with Crippen LogP contribution in [-0.4, -0.2) is 17.3 Å². The fourth-order valence-electron chi connectivity index (χ4n) is 2.26. The summed E-state index contributed by atoms with van der Waals surface area (Å²) in [7, 11) is 0. The number of hydrogen-bond acceptors (Lipinski definition) is 2. The van der Waals surface area contributed by atoms with E-state index in [2.05, 4.69) is 0 Å². The van der Waals surface area contributed by atoms with Gasteiger partial charge >= 0.3 is 0 Å². The Morgan fingerprint density at radius 2 is 2.00 bits per heavy atom. The number of thioether (sulfide) groups is 1. The van der Waals surface area contributed by atoms with Crippen molar-refractivity contribution < 1.29 is 4.79 Å². The first-order chi connectivity index (χ1) is 8.27. The first-order valence-electron chi connectivity index (χ1n) is 6.13. The van der Waals surface area contributed by atoms with Gasteiger partial charge < -0.3 is 0 Å². The second kappa shape index (κ2) is 6.46. The predicted octanol–water partition coefficient (Wildman–Crippen LogP) is 4.45. The molecule has 0 bridgehead atoms. The predicted molar refractivity (Wildman–Crippen MR) is 75.1 cm³/mol. The van der Waals surface area contributed by atoms with E-state index < -0.39 is 0 Å². The number of hydrogen-bond donors (Lipinski definition) is 0. The maximum Gasteiger partial charge on any atom is 0.174 e. The van der Waals surface area contributed by atoms with Crippen molar-refractivity contribution in [3.8, 4) is 0 Å². The monoisotopic (exact) mass is 268 g/mol. The summed E-state index contributed by atoms with van der Waals surface area (Å²) in [5, 5.41) is 0.568. The highest BCUT2D eigenvalue weighted by atomic mass is 35.5. The molecule has 0 spiro atoms. The van der Waals surface area contributed by atoms with Gasteiger partial charge in [-0.15, -0.1) is 0 Å². The van der Waals surface area contributed by atoms with Crippen molar-refractivity contribution >= 4 is 29.1 Å². The summed E-state index contributed by atoms with van der Waals surface area (Å²) >= 11 is 7.75. The van der Waals surface area contributed by atoms with Crippen LogP contribution in [0.3, 0.4) is 0 Å². The second-order valence-electron chi connectivity index (χ2n) is 4.57. The average Bonchev–Trinajstić information content (AvgIpc) is 2.82. The standard InChI is InChI=1S/C14H17ClOS/c15-13-8-4-3-7-12(13)14(16)10-17-9-11-5-1-2-6-11/h3-4,7-8,11H,1-2,5-6,9-10H2. The Hall–Kier alpha value is -0.470. The van der Waals surface area contributed by atoms with E-state index in [1.165, 1.54) is 25.7 Å². The topological polar surface area (TPSA) is 17.1 Å². The van der Waals surface area contributed by atoms with Crippen LogP contribution in [0.25, 0.3) is 0 Å². The van der Waals surface area contributed by atoms with E-state index in [1.807, 2.05) is 12.1 Å². The van der Waals surface area contributed by atoms with E-state index in [0.717, 1.165) is 11.7 Å². The van der Waals surface area contributed by atoms with Gasteiger partial charge in [-0.2, -0.15) is 11.8 Å². The second-order valence-corrected chi connectivity index (χ2v) is 6.01. The van der Waals surface area contributed by atoms with Crippen LogP contribution in [0.2, 0.25) is 5.02 Å². The third-order valence-electron chi connectivity index (χ3n) is 3.24. The Bertz CT molecular complexity index is 386. The van der Waals surface area contributed by atoms with E-state index in [1.54, 1.807) is 23.9 Å². The van der Waals surface area contributed by atoms with E-state index >= 15 is 0 Å². The molecule has 1 aromatic carbocycles. The van der Waals surface area contributed by atoms with E-state index in [0.29, 0.717) is 16.3 Å². The summed E-state index contributed by atoms with van der Waals surface area (Å²) in [6.45, 7) is 0. The Morgan fingerprint density at radius 3 is 2.71 bits per heavy atom. The zero-order chi connectivity index (χ0) is 12.1. The molecule has 92 valence electrons. The fraction of sp³-hybridized carbons (Fsp3) is 0.500. The van der Waals surface area contributed by atoms with Gasteiger partial charge in [-0.05, 0) is 36.6 Å². The Morgan fingerprint density at radius 1 is 1.29 bits per heavy atom. The van der Waals surface area contributed by atoms with Gasteiger partial charge in [0, 0.05) is 5.56 Å². The van der Waals surface area contributed by atoms with Crippen LogP contribution in [-0.2, 0) is 0 Å². The minimum Gasteiger partial charge on any atom is -0.293 e. The molecule has 0 radical (unpaired) electrons. The van der Waals surface area contributed by atoms with Crippen molar-refractivity contribution in [3.05, 3.63) is 34.9 Å². The molecule has 1 nitrogen and oxygen atoms in total. The molecule has 0 N–H and O–H groups in total. The molecule has 0 heterocycles. The Labute approximate surface area is 112 Å². The summed E-state index contributed by atoms with van der Waals surface area (Å²) in [6, 6.07) is 7.29. The Balaban J connectivity index is 1.79. The lowest BCUT2D eigenvalue weighted by atomic mass is 10.1. The van der Waals surface area contributed by atoms with Crippen molar-refractivity contribution in [1.29, 1.82) is 0 Å². The summed E-state index contributed by atoms with van der Waals surface area (Å²) in [5.41, 5.74) is 0.660. The molecule has 0 amide bonds. The minimum atomic E-state index is 0.151. The molecule has 0 aliphatic heterocycles. The molecule has 1 aliphatic rings. The van der Waals surface area contributed by atoms with Gasteiger partial charge in [0.05, 0.1) is 10.8 Å². The first-order valence-corrected chi connectivity index (χ1v) is 7.66. The van der Waals surface area contributed by atoms with Crippen molar-refractivity contribution in [2.75, 3.05) is 11.5 Å². The molecule has 1 aromatic rings. The van der Waals surface area contributed by atoms with Crippen LogP contribution in [0.1, 0.15) is 36.0 Å². The fourth-order valence-corrected chi connectivity index (χ4v) is 3.63. The molecule has 2 rings (SSSR count). The van der Waals surface area contributed by atoms with Crippen LogP contribution in [0.15, 0.2) is 24.3 Å². The highest BCUT2D eigenvalue weighted by Crippen LogP contribution is 2.28. The first kappa shape index (κ1) is 13.0. The number of Topliss-reactive ketones (excluding diaryl/α,β-unsaturated/α-hetero) is 1. The summed E-state index contributed by atoms with van der Waals surface area (Å²) in [6.07, 6.45) is 5.41. The van der Waals surface area contributed by atoms with E-state index in [9.17, 15) is 4.79 Å². The highest BCUT2D eigenvalue weighted by Gasteiger charge is 2.16. The molecule has 1 saturated carbocycles. The van der Waals surface area contributed by atoms with Gasteiger partial charge in [0.2, 0.25) is 0 Å². The normalized spacial score (nSPS) is 16.3. The SMILES string of the molecule is O=C(CSCC1CCCC1)c1ccccc1Cl. The van der Waals surface area contributed by atoms with Crippen LogP contribution in [0, 0.1) is 5.92 Å². The molecule has 0 saturated heterocycles. The molecule has 0 unspecified atom stereocenters. The molecular formula is C14H17ClOS. The van der Waals surface area contributed by atoms with Crippen LogP contribution in [0.5, 0.6) is 0 Å². The zero-order valence-electron chi connectivity index (χ0n) is 9.82. The van der Waals surface area contributed by atoms with Crippen molar-refractivity contribution in [2.24, 2.45) is 5.92 Å². The lowest BCUT2D eigenvalue weighted by Gasteiger charge is -2.08. The number of benzene rings is 1. The van der Waals surface area contributed by atoms with Crippen molar-refractivity contribution in [3.63, 3.8) is 0 Å². The van der Waals surface area contributed by atoms with Crippen molar-refractivity contribution in [2.45, 2.75) is 25.7 Å². The van der Waals surface area contributed by atoms with Crippen LogP contribution < -0.4 is 0 Å². The van der Waals surface area contributed by atoms with E-state index in [4.69, 9.17) is 11.6 Å². The lowest BCUT2D eigenvalue weighted by Crippen LogP contribution is -2.06. The lowest BCUT2D eigenvalue weighted by molar-refractivity contribution is 0.102. The minimum absolute atomic E-state index is 0.151. The van der Waals surface area contributed by atoms with Gasteiger partial charge in [0.25, 0.3) is 0 Å². The summed E-state index contributed by atoms with van der Waals surface area (Å²) in [5.74, 6) is 2.66. The molecule has 17 heavy (non-hydrogen) atoms. The third-order valence-corrected chi connectivity index (χ3v) is 4.74. The van der Waals surface area contributed by atoms with Gasteiger partial charge in [0.1, 0.15) is 0 Å². The van der Waals surface area contributed by atoms with Crippen LogP contribution in [0.4, 0.5) is 0 Å². The molecule has 0 atom stereocenters. The number of carbonyl (C=O) groups is 1. The molecule has 0 aromatic heterocycles. The van der Waals surface area contributed by atoms with Gasteiger partial charge in [-0.25, -0.2) is 0 Å². The van der Waals surface area contributed by atoms with E-state index in [-0.39, 0.29) is 5.78 Å². The smallest absolute Gasteiger partial charge is 0.174 e. The maximum atomic E-state index is 11.9.